The molecule has 3 heteroatoms. The number of hydrogen-bond acceptors (Lipinski definition) is 2. The normalized spacial score (nSPS) is 10.3. The minimum absolute atomic E-state index is 0. The summed E-state index contributed by atoms with van der Waals surface area (Å²) in [6.07, 6.45) is 24.0. The second-order valence-electron chi connectivity index (χ2n) is 9.74. The van der Waals surface area contributed by atoms with E-state index in [1.54, 1.807) is 24.3 Å². The molecule has 0 bridgehead atoms. The maximum Gasteiger partial charge on any atom is 2.00 e. The van der Waals surface area contributed by atoms with Gasteiger partial charge in [-0.3, -0.25) is 0 Å². The molecule has 35 heavy (non-hydrogen) atoms. The van der Waals surface area contributed by atoms with E-state index in [9.17, 15) is 10.2 Å². The summed E-state index contributed by atoms with van der Waals surface area (Å²) >= 11 is 0. The number of aryl methyl sites for hydroxylation is 2. The third kappa shape index (κ3) is 21.4. The summed E-state index contributed by atoms with van der Waals surface area (Å²) < 4.78 is 0. The number of hydrogen-bond donors (Lipinski definition) is 0. The first kappa shape index (κ1) is 34.6. The molecule has 0 amide bonds. The van der Waals surface area contributed by atoms with Gasteiger partial charge in [-0.2, -0.15) is 0 Å². The van der Waals surface area contributed by atoms with Crippen LogP contribution >= 0.6 is 0 Å². The summed E-state index contributed by atoms with van der Waals surface area (Å²) in [4.78, 5) is 0. The summed E-state index contributed by atoms with van der Waals surface area (Å²) in [6, 6.07) is 14.5. The zero-order chi connectivity index (χ0) is 24.7. The molecule has 0 aliphatic carbocycles. The van der Waals surface area contributed by atoms with Crippen molar-refractivity contribution in [2.24, 2.45) is 0 Å². The van der Waals surface area contributed by atoms with E-state index in [2.05, 4.69) is 13.8 Å². The van der Waals surface area contributed by atoms with Crippen LogP contribution in [0.15, 0.2) is 48.5 Å². The Morgan fingerprint density at radius 3 is 0.943 bits per heavy atom. The number of unbranched alkanes of at least 4 members (excludes halogenated alkanes) is 14. The third-order valence-corrected chi connectivity index (χ3v) is 6.48. The predicted molar refractivity (Wildman–Crippen MR) is 150 cm³/mol. The summed E-state index contributed by atoms with van der Waals surface area (Å²) in [5, 5.41) is 21.8. The quantitative estimate of drug-likeness (QED) is 0.127. The average molecular weight is 604 g/mol. The average Bonchev–Trinajstić information content (AvgIpc) is 2.85. The molecule has 0 saturated heterocycles. The van der Waals surface area contributed by atoms with Crippen molar-refractivity contribution < 1.29 is 10.2 Å². The Morgan fingerprint density at radius 1 is 0.400 bits per heavy atom. The molecule has 0 spiro atoms. The second kappa shape index (κ2) is 25.3. The zero-order valence-electron chi connectivity index (χ0n) is 22.9. The van der Waals surface area contributed by atoms with Crippen molar-refractivity contribution >= 4 is 48.9 Å². The van der Waals surface area contributed by atoms with Crippen molar-refractivity contribution in [1.29, 1.82) is 0 Å². The Kier molecular flexibility index (Phi) is 25.0. The fraction of sp³-hybridized carbons (Fsp3) is 0.625. The van der Waals surface area contributed by atoms with Crippen LogP contribution in [0.25, 0.3) is 0 Å². The van der Waals surface area contributed by atoms with Crippen LogP contribution in [-0.4, -0.2) is 48.9 Å². The molecule has 0 aromatic heterocycles. The van der Waals surface area contributed by atoms with Gasteiger partial charge in [-0.25, -0.2) is 0 Å². The Labute approximate surface area is 257 Å². The van der Waals surface area contributed by atoms with Gasteiger partial charge in [-0.05, 0) is 36.8 Å². The first-order valence-electron chi connectivity index (χ1n) is 14.2. The molecule has 0 N–H and O–H groups in total. The summed E-state index contributed by atoms with van der Waals surface area (Å²) in [6.45, 7) is 4.51. The van der Waals surface area contributed by atoms with Gasteiger partial charge in [0.05, 0.1) is 0 Å². The standard InChI is InChI=1S/2C16H26O.Ba/c2*1-2-3-4-5-6-7-8-9-10-15-11-13-16(17)14-12-15;/h2*11-14,17H,2-10H2,1H3;/q;;+2/p-2. The van der Waals surface area contributed by atoms with Crippen molar-refractivity contribution in [3.63, 3.8) is 0 Å². The third-order valence-electron chi connectivity index (χ3n) is 6.48. The maximum absolute atomic E-state index is 10.9. The summed E-state index contributed by atoms with van der Waals surface area (Å²) in [5.74, 6) is 0.231. The summed E-state index contributed by atoms with van der Waals surface area (Å²) in [5.41, 5.74) is 2.60. The first-order valence-corrected chi connectivity index (χ1v) is 14.2. The molecule has 2 rings (SSSR count). The molecule has 0 aliphatic rings. The van der Waals surface area contributed by atoms with Crippen LogP contribution in [0, 0.1) is 0 Å². The van der Waals surface area contributed by atoms with Crippen molar-refractivity contribution in [2.75, 3.05) is 0 Å². The topological polar surface area (TPSA) is 46.1 Å². The van der Waals surface area contributed by atoms with Crippen LogP contribution in [0.1, 0.15) is 128 Å². The largest absolute Gasteiger partial charge is 2.00 e. The molecule has 0 fully saturated rings. The van der Waals surface area contributed by atoms with Gasteiger partial charge in [-0.1, -0.05) is 152 Å². The van der Waals surface area contributed by atoms with E-state index < -0.39 is 0 Å². The van der Waals surface area contributed by atoms with Crippen LogP contribution in [0.5, 0.6) is 11.5 Å². The summed E-state index contributed by atoms with van der Waals surface area (Å²) in [7, 11) is 0. The minimum Gasteiger partial charge on any atom is -0.872 e. The molecule has 0 unspecified atom stereocenters. The Hall–Kier alpha value is -0.389. The molecule has 2 aromatic carbocycles. The van der Waals surface area contributed by atoms with Gasteiger partial charge in [0, 0.05) is 0 Å². The van der Waals surface area contributed by atoms with Gasteiger partial charge in [0.2, 0.25) is 0 Å². The van der Waals surface area contributed by atoms with Gasteiger partial charge in [-0.15, -0.1) is 11.5 Å². The van der Waals surface area contributed by atoms with Gasteiger partial charge in [0.15, 0.2) is 0 Å². The Bertz CT molecular complexity index is 620. The fourth-order valence-corrected chi connectivity index (χ4v) is 4.24. The van der Waals surface area contributed by atoms with Crippen LogP contribution < -0.4 is 10.2 Å². The van der Waals surface area contributed by atoms with Gasteiger partial charge in [0.1, 0.15) is 0 Å². The van der Waals surface area contributed by atoms with Crippen LogP contribution in [-0.2, 0) is 12.8 Å². The van der Waals surface area contributed by atoms with Crippen molar-refractivity contribution in [3.8, 4) is 11.5 Å². The first-order chi connectivity index (χ1) is 16.7. The molecule has 0 saturated carbocycles. The molecular weight excluding hydrogens is 554 g/mol. The van der Waals surface area contributed by atoms with Gasteiger partial charge in [0.25, 0.3) is 0 Å². The molecular formula is C32H50BaO2. The number of rotatable bonds is 18. The Morgan fingerprint density at radius 2 is 0.657 bits per heavy atom. The Balaban J connectivity index is 0.000000642. The molecule has 2 nitrogen and oxygen atoms in total. The van der Waals surface area contributed by atoms with Crippen molar-refractivity contribution in [3.05, 3.63) is 59.7 Å². The van der Waals surface area contributed by atoms with Crippen LogP contribution in [0.4, 0.5) is 0 Å². The minimum atomic E-state index is 0. The van der Waals surface area contributed by atoms with E-state index in [4.69, 9.17) is 0 Å². The maximum atomic E-state index is 10.9. The second-order valence-corrected chi connectivity index (χ2v) is 9.74. The molecule has 0 radical (unpaired) electrons. The monoisotopic (exact) mass is 604 g/mol. The fourth-order valence-electron chi connectivity index (χ4n) is 4.24. The van der Waals surface area contributed by atoms with E-state index in [1.807, 2.05) is 24.3 Å². The SMILES string of the molecule is CCCCCCCCCCc1ccc([O-])cc1.CCCCCCCCCCc1ccc([O-])cc1.[Ba+2]. The van der Waals surface area contributed by atoms with E-state index in [0.717, 1.165) is 12.8 Å². The predicted octanol–water partition coefficient (Wildman–Crippen LogP) is 8.51. The van der Waals surface area contributed by atoms with Crippen LogP contribution in [0.3, 0.4) is 0 Å². The molecule has 0 aliphatic heterocycles. The van der Waals surface area contributed by atoms with Crippen molar-refractivity contribution in [1.82, 2.24) is 0 Å². The molecule has 192 valence electrons. The van der Waals surface area contributed by atoms with Crippen LogP contribution in [0.2, 0.25) is 0 Å². The molecule has 0 heterocycles. The van der Waals surface area contributed by atoms with Gasteiger partial charge < -0.3 is 10.2 Å². The van der Waals surface area contributed by atoms with Crippen molar-refractivity contribution in [2.45, 2.75) is 129 Å². The molecule has 0 atom stereocenters. The van der Waals surface area contributed by atoms with E-state index in [1.165, 1.54) is 114 Å². The van der Waals surface area contributed by atoms with E-state index in [0.29, 0.717) is 0 Å². The van der Waals surface area contributed by atoms with E-state index in [-0.39, 0.29) is 60.4 Å². The number of benzene rings is 2. The van der Waals surface area contributed by atoms with E-state index >= 15 is 0 Å². The molecule has 2 aromatic rings. The van der Waals surface area contributed by atoms with Gasteiger partial charge >= 0.3 is 48.9 Å². The zero-order valence-corrected chi connectivity index (χ0v) is 27.3. The smallest absolute Gasteiger partial charge is 0.872 e.